The molecule has 0 bridgehead atoms. The molecule has 2 aromatic carbocycles. The summed E-state index contributed by atoms with van der Waals surface area (Å²) in [6.07, 6.45) is -3.37. The highest BCUT2D eigenvalue weighted by molar-refractivity contribution is 5.84. The molecular weight excluding hydrogens is 510 g/mol. The van der Waals surface area contributed by atoms with Crippen LogP contribution >= 0.6 is 0 Å². The Morgan fingerprint density at radius 3 is 2.47 bits per heavy atom. The summed E-state index contributed by atoms with van der Waals surface area (Å²) in [5.41, 5.74) is -5.37. The molecular formula is C25H21F4N5O4. The number of halogens is 4. The number of rotatable bonds is 6. The smallest absolute Gasteiger partial charge is 0.394 e. The molecule has 0 radical (unpaired) electrons. The molecule has 0 aliphatic carbocycles. The van der Waals surface area contributed by atoms with Gasteiger partial charge in [-0.3, -0.25) is 4.79 Å². The molecule has 13 heteroatoms. The zero-order chi connectivity index (χ0) is 27.4. The van der Waals surface area contributed by atoms with Crippen molar-refractivity contribution in [3.63, 3.8) is 0 Å². The maximum absolute atomic E-state index is 14.7. The normalized spacial score (nSPS) is 14.7. The van der Waals surface area contributed by atoms with Crippen molar-refractivity contribution < 1.29 is 32.9 Å². The van der Waals surface area contributed by atoms with Gasteiger partial charge in [0.05, 0.1) is 43.0 Å². The summed E-state index contributed by atoms with van der Waals surface area (Å²) < 4.78 is 61.0. The lowest BCUT2D eigenvalue weighted by Crippen LogP contribution is -2.43. The minimum Gasteiger partial charge on any atom is -0.394 e. The quantitative estimate of drug-likeness (QED) is 0.290. The number of fused-ring (bicyclic) bond motifs is 2. The van der Waals surface area contributed by atoms with Crippen LogP contribution in [-0.2, 0) is 19.2 Å². The molecule has 2 atom stereocenters. The number of benzene rings is 2. The first-order valence-corrected chi connectivity index (χ1v) is 11.3. The number of aliphatic hydroxyl groups is 3. The van der Waals surface area contributed by atoms with Crippen molar-refractivity contribution in [2.24, 2.45) is 7.05 Å². The zero-order valence-electron chi connectivity index (χ0n) is 19.8. The molecule has 38 heavy (non-hydrogen) atoms. The van der Waals surface area contributed by atoms with Crippen molar-refractivity contribution in [2.75, 3.05) is 6.61 Å². The molecule has 0 aliphatic heterocycles. The summed E-state index contributed by atoms with van der Waals surface area (Å²) >= 11 is 0. The summed E-state index contributed by atoms with van der Waals surface area (Å²) in [4.78, 5) is 16.8. The molecule has 5 aromatic rings. The number of nitrogens with zero attached hydrogens (tertiary/aromatic N) is 5. The molecule has 5 rings (SSSR count). The van der Waals surface area contributed by atoms with Gasteiger partial charge in [-0.05, 0) is 42.0 Å². The van der Waals surface area contributed by atoms with Crippen LogP contribution < -0.4 is 5.56 Å². The van der Waals surface area contributed by atoms with Crippen molar-refractivity contribution in [1.82, 2.24) is 23.9 Å². The Bertz CT molecular complexity index is 1710. The fourth-order valence-corrected chi connectivity index (χ4v) is 4.48. The standard InChI is InChI=1S/C25H21F4N5O4/c1-32-13-30-21-19(11-33(10-18(36)12-35)22(21)23(32)37)24(38,25(27,28)29)15-2-7-20-14(8-15)9-31-34(20)17-5-3-16(26)4-6-17/h2-9,11,13,18,35-36,38H,10,12H2,1H3. The maximum atomic E-state index is 14.7. The summed E-state index contributed by atoms with van der Waals surface area (Å²) in [6.45, 7) is -1.11. The van der Waals surface area contributed by atoms with Gasteiger partial charge in [-0.15, -0.1) is 0 Å². The second-order valence-corrected chi connectivity index (χ2v) is 8.90. The van der Waals surface area contributed by atoms with Crippen LogP contribution in [0.25, 0.3) is 27.6 Å². The van der Waals surface area contributed by atoms with E-state index < -0.39 is 59.1 Å². The Labute approximate surface area is 211 Å². The van der Waals surface area contributed by atoms with Crippen LogP contribution in [0.2, 0.25) is 0 Å². The summed E-state index contributed by atoms with van der Waals surface area (Å²) in [7, 11) is 1.36. The van der Waals surface area contributed by atoms with Gasteiger partial charge in [-0.2, -0.15) is 18.3 Å². The van der Waals surface area contributed by atoms with Crippen LogP contribution in [0.5, 0.6) is 0 Å². The summed E-state index contributed by atoms with van der Waals surface area (Å²) in [5, 5.41) is 35.0. The van der Waals surface area contributed by atoms with Crippen LogP contribution in [-0.4, -0.2) is 58.1 Å². The monoisotopic (exact) mass is 531 g/mol. The van der Waals surface area contributed by atoms with Gasteiger partial charge < -0.3 is 24.5 Å². The van der Waals surface area contributed by atoms with Crippen LogP contribution in [0.1, 0.15) is 11.1 Å². The SMILES string of the molecule is Cn1cnc2c(C(O)(c3ccc4c(cnn4-c4ccc(F)cc4)c3)C(F)(F)F)cn(CC(O)CO)c2c1=O. The average molecular weight is 531 g/mol. The Morgan fingerprint density at radius 1 is 1.11 bits per heavy atom. The van der Waals surface area contributed by atoms with E-state index in [4.69, 9.17) is 0 Å². The van der Waals surface area contributed by atoms with Crippen LogP contribution in [0.3, 0.4) is 0 Å². The third-order valence-corrected chi connectivity index (χ3v) is 6.41. The molecule has 198 valence electrons. The van der Waals surface area contributed by atoms with Gasteiger partial charge in [-0.25, -0.2) is 14.1 Å². The molecule has 0 spiro atoms. The lowest BCUT2D eigenvalue weighted by atomic mass is 9.86. The van der Waals surface area contributed by atoms with E-state index in [0.29, 0.717) is 11.2 Å². The Hall–Kier alpha value is -4.07. The predicted octanol–water partition coefficient (Wildman–Crippen LogP) is 2.36. The van der Waals surface area contributed by atoms with Gasteiger partial charge in [-0.1, -0.05) is 6.07 Å². The minimum absolute atomic E-state index is 0.262. The van der Waals surface area contributed by atoms with E-state index in [1.165, 1.54) is 48.3 Å². The van der Waals surface area contributed by atoms with Gasteiger partial charge in [0.25, 0.3) is 5.56 Å². The lowest BCUT2D eigenvalue weighted by molar-refractivity contribution is -0.247. The third-order valence-electron chi connectivity index (χ3n) is 6.41. The van der Waals surface area contributed by atoms with E-state index in [9.17, 15) is 37.7 Å². The Balaban J connectivity index is 1.73. The second kappa shape index (κ2) is 9.04. The molecule has 2 unspecified atom stereocenters. The molecule has 0 amide bonds. The van der Waals surface area contributed by atoms with Gasteiger partial charge in [0.1, 0.15) is 16.9 Å². The van der Waals surface area contributed by atoms with Crippen molar-refractivity contribution in [3.8, 4) is 5.69 Å². The van der Waals surface area contributed by atoms with Crippen LogP contribution in [0.15, 0.2) is 66.0 Å². The van der Waals surface area contributed by atoms with Crippen molar-refractivity contribution in [2.45, 2.75) is 24.4 Å². The molecule has 9 nitrogen and oxygen atoms in total. The molecule has 3 heterocycles. The van der Waals surface area contributed by atoms with Crippen molar-refractivity contribution in [3.05, 3.63) is 88.5 Å². The number of aryl methyl sites for hydroxylation is 1. The fraction of sp³-hybridized carbons (Fsp3) is 0.240. The highest BCUT2D eigenvalue weighted by Gasteiger charge is 2.58. The van der Waals surface area contributed by atoms with Crippen molar-refractivity contribution >= 4 is 21.9 Å². The number of hydrogen-bond acceptors (Lipinski definition) is 6. The van der Waals surface area contributed by atoms with Crippen LogP contribution in [0, 0.1) is 5.82 Å². The van der Waals surface area contributed by atoms with E-state index in [-0.39, 0.29) is 10.9 Å². The minimum atomic E-state index is -5.26. The average Bonchev–Trinajstić information content (AvgIpc) is 3.47. The highest BCUT2D eigenvalue weighted by Crippen LogP contribution is 2.47. The molecule has 0 saturated carbocycles. The largest absolute Gasteiger partial charge is 0.425 e. The van der Waals surface area contributed by atoms with Crippen molar-refractivity contribution in [1.29, 1.82) is 0 Å². The summed E-state index contributed by atoms with van der Waals surface area (Å²) in [6, 6.07) is 8.93. The molecule has 0 saturated heterocycles. The first-order chi connectivity index (χ1) is 18.0. The van der Waals surface area contributed by atoms with Gasteiger partial charge >= 0.3 is 6.18 Å². The lowest BCUT2D eigenvalue weighted by Gasteiger charge is -2.30. The van der Waals surface area contributed by atoms with E-state index >= 15 is 0 Å². The summed E-state index contributed by atoms with van der Waals surface area (Å²) in [5.74, 6) is -0.461. The third kappa shape index (κ3) is 3.95. The Morgan fingerprint density at radius 2 is 1.82 bits per heavy atom. The number of alkyl halides is 3. The van der Waals surface area contributed by atoms with E-state index in [2.05, 4.69) is 10.1 Å². The Kier molecular flexibility index (Phi) is 6.09. The fourth-order valence-electron chi connectivity index (χ4n) is 4.48. The first kappa shape index (κ1) is 25.6. The number of hydrogen-bond donors (Lipinski definition) is 3. The second-order valence-electron chi connectivity index (χ2n) is 8.90. The first-order valence-electron chi connectivity index (χ1n) is 11.3. The van der Waals surface area contributed by atoms with Crippen LogP contribution in [0.4, 0.5) is 17.6 Å². The topological polar surface area (TPSA) is 118 Å². The van der Waals surface area contributed by atoms with Gasteiger partial charge in [0.2, 0.25) is 5.60 Å². The number of aromatic nitrogens is 5. The van der Waals surface area contributed by atoms with E-state index in [1.54, 1.807) is 0 Å². The predicted molar refractivity (Wildman–Crippen MR) is 128 cm³/mol. The highest BCUT2D eigenvalue weighted by atomic mass is 19.4. The zero-order valence-corrected chi connectivity index (χ0v) is 19.8. The maximum Gasteiger partial charge on any atom is 0.425 e. The molecule has 0 fully saturated rings. The van der Waals surface area contributed by atoms with Gasteiger partial charge in [0.15, 0.2) is 0 Å². The molecule has 3 aromatic heterocycles. The van der Waals surface area contributed by atoms with E-state index in [1.807, 2.05) is 0 Å². The molecule has 3 N–H and O–H groups in total. The van der Waals surface area contributed by atoms with E-state index in [0.717, 1.165) is 33.8 Å². The molecule has 0 aliphatic rings. The van der Waals surface area contributed by atoms with Gasteiger partial charge in [0, 0.05) is 24.2 Å². The number of aliphatic hydroxyl groups excluding tert-OH is 2.